The highest BCUT2D eigenvalue weighted by Crippen LogP contribution is 2.41. The van der Waals surface area contributed by atoms with Crippen molar-refractivity contribution in [2.24, 2.45) is 0 Å². The third kappa shape index (κ3) is 4.84. The van der Waals surface area contributed by atoms with E-state index in [1.807, 2.05) is 50.2 Å². The van der Waals surface area contributed by atoms with E-state index in [2.05, 4.69) is 53.0 Å². The highest BCUT2D eigenvalue weighted by Gasteiger charge is 2.41. The van der Waals surface area contributed by atoms with Crippen LogP contribution in [0.4, 0.5) is 0 Å². The molecule has 0 N–H and O–H groups in total. The molecule has 0 radical (unpaired) electrons. The van der Waals surface area contributed by atoms with E-state index in [0.29, 0.717) is 34.5 Å². The van der Waals surface area contributed by atoms with Gasteiger partial charge in [0.05, 0.1) is 23.6 Å². The maximum atomic E-state index is 12.7. The lowest BCUT2D eigenvalue weighted by Gasteiger charge is -2.38. The quantitative estimate of drug-likeness (QED) is 0.292. The fraction of sp³-hybridized carbons (Fsp3) is 0.462. The van der Waals surface area contributed by atoms with Gasteiger partial charge >= 0.3 is 5.97 Å². The zero-order valence-corrected chi connectivity index (χ0v) is 20.7. The lowest BCUT2D eigenvalue weighted by Crippen LogP contribution is -2.43. The fourth-order valence-corrected chi connectivity index (χ4v) is 9.81. The maximum absolute atomic E-state index is 12.7. The second kappa shape index (κ2) is 10.1. The molecule has 2 aromatic rings. The summed E-state index contributed by atoms with van der Waals surface area (Å²) in [4.78, 5) is 17.4. The summed E-state index contributed by atoms with van der Waals surface area (Å²) in [5, 5.41) is 0. The van der Waals surface area contributed by atoms with E-state index < -0.39 is 8.07 Å². The molecule has 0 spiro atoms. The molecule has 1 aromatic heterocycles. The molecule has 0 fully saturated rings. The first-order valence-electron chi connectivity index (χ1n) is 10.9. The van der Waals surface area contributed by atoms with Crippen molar-refractivity contribution >= 4 is 14.0 Å². The van der Waals surface area contributed by atoms with E-state index in [1.54, 1.807) is 0 Å². The van der Waals surface area contributed by atoms with E-state index in [1.165, 1.54) is 0 Å². The number of pyridine rings is 1. The van der Waals surface area contributed by atoms with Gasteiger partial charge in [0.2, 0.25) is 0 Å². The molecule has 0 aliphatic rings. The first-order chi connectivity index (χ1) is 14.1. The predicted octanol–water partition coefficient (Wildman–Crippen LogP) is 6.80. The van der Waals surface area contributed by atoms with Crippen LogP contribution in [0, 0.1) is 18.4 Å². The lowest BCUT2D eigenvalue weighted by atomic mass is 10.0. The molecule has 4 heteroatoms. The summed E-state index contributed by atoms with van der Waals surface area (Å²) in [6, 6.07) is 12.0. The van der Waals surface area contributed by atoms with Crippen LogP contribution in [0.1, 0.15) is 70.1 Å². The third-order valence-electron chi connectivity index (χ3n) is 6.03. The molecule has 1 aromatic carbocycles. The van der Waals surface area contributed by atoms with Crippen LogP contribution in [-0.2, 0) is 4.74 Å². The molecule has 0 atom stereocenters. The monoisotopic (exact) mass is 421 g/mol. The average Bonchev–Trinajstić information content (AvgIpc) is 2.68. The van der Waals surface area contributed by atoms with Crippen LogP contribution in [0.2, 0.25) is 16.6 Å². The van der Waals surface area contributed by atoms with E-state index >= 15 is 0 Å². The van der Waals surface area contributed by atoms with Crippen molar-refractivity contribution in [3.8, 4) is 22.7 Å². The van der Waals surface area contributed by atoms with Crippen LogP contribution >= 0.6 is 0 Å². The molecule has 0 saturated heterocycles. The first-order valence-corrected chi connectivity index (χ1v) is 13.2. The van der Waals surface area contributed by atoms with Crippen LogP contribution in [0.3, 0.4) is 0 Å². The van der Waals surface area contributed by atoms with Crippen molar-refractivity contribution in [2.75, 3.05) is 6.61 Å². The Morgan fingerprint density at radius 2 is 1.60 bits per heavy atom. The predicted molar refractivity (Wildman–Crippen MR) is 128 cm³/mol. The van der Waals surface area contributed by atoms with Crippen LogP contribution in [0.5, 0.6) is 0 Å². The zero-order chi connectivity index (χ0) is 22.5. The SMILES string of the molecule is CCOC(=O)c1c(C#C[Si](C(C)C)(C(C)C)C(C)C)cc(-c2ccccc2)nc1C. The van der Waals surface area contributed by atoms with Gasteiger partial charge in [-0.25, -0.2) is 4.79 Å². The van der Waals surface area contributed by atoms with E-state index in [4.69, 9.17) is 9.72 Å². The minimum Gasteiger partial charge on any atom is -0.462 e. The number of carbonyl (C=O) groups excluding carboxylic acids is 1. The van der Waals surface area contributed by atoms with E-state index in [-0.39, 0.29) is 5.97 Å². The number of nitrogens with zero attached hydrogens (tertiary/aromatic N) is 1. The van der Waals surface area contributed by atoms with Gasteiger partial charge in [-0.1, -0.05) is 77.8 Å². The summed E-state index contributed by atoms with van der Waals surface area (Å²) in [7, 11) is -1.93. The third-order valence-corrected chi connectivity index (χ3v) is 12.3. The molecule has 1 heterocycles. The van der Waals surface area contributed by atoms with Crippen LogP contribution < -0.4 is 0 Å². The van der Waals surface area contributed by atoms with Gasteiger partial charge in [0.15, 0.2) is 0 Å². The van der Waals surface area contributed by atoms with Gasteiger partial charge in [0, 0.05) is 11.1 Å². The van der Waals surface area contributed by atoms with Crippen LogP contribution in [-0.4, -0.2) is 25.6 Å². The molecule has 0 bridgehead atoms. The minimum absolute atomic E-state index is 0.328. The highest BCUT2D eigenvalue weighted by atomic mass is 28.3. The summed E-state index contributed by atoms with van der Waals surface area (Å²) < 4.78 is 5.33. The Kier molecular flexibility index (Phi) is 8.03. The topological polar surface area (TPSA) is 39.2 Å². The first kappa shape index (κ1) is 23.9. The Morgan fingerprint density at radius 1 is 1.03 bits per heavy atom. The summed E-state index contributed by atoms with van der Waals surface area (Å²) in [6.45, 7) is 17.8. The zero-order valence-electron chi connectivity index (χ0n) is 19.7. The van der Waals surface area contributed by atoms with Gasteiger partial charge in [-0.3, -0.25) is 4.98 Å². The summed E-state index contributed by atoms with van der Waals surface area (Å²) in [5.74, 6) is 3.11. The molecule has 0 saturated carbocycles. The van der Waals surface area contributed by atoms with Gasteiger partial charge < -0.3 is 4.74 Å². The van der Waals surface area contributed by atoms with Gasteiger partial charge in [-0.05, 0) is 36.5 Å². The van der Waals surface area contributed by atoms with Gasteiger partial charge in [0.1, 0.15) is 8.07 Å². The number of ether oxygens (including phenoxy) is 1. The second-order valence-electron chi connectivity index (χ2n) is 8.75. The lowest BCUT2D eigenvalue weighted by molar-refractivity contribution is 0.0524. The van der Waals surface area contributed by atoms with Crippen molar-refractivity contribution < 1.29 is 9.53 Å². The van der Waals surface area contributed by atoms with Gasteiger partial charge in [-0.2, -0.15) is 0 Å². The van der Waals surface area contributed by atoms with Crippen LogP contribution in [0.25, 0.3) is 11.3 Å². The van der Waals surface area contributed by atoms with Gasteiger partial charge in [0.25, 0.3) is 0 Å². The molecular weight excluding hydrogens is 386 g/mol. The molecule has 160 valence electrons. The van der Waals surface area contributed by atoms with Crippen LogP contribution in [0.15, 0.2) is 36.4 Å². The molecule has 0 unspecified atom stereocenters. The molecular formula is C26H35NO2Si. The molecule has 2 rings (SSSR count). The number of hydrogen-bond donors (Lipinski definition) is 0. The molecule has 30 heavy (non-hydrogen) atoms. The number of esters is 1. The number of aryl methyl sites for hydroxylation is 1. The number of benzene rings is 1. The molecule has 0 amide bonds. The average molecular weight is 422 g/mol. The fourth-order valence-electron chi connectivity index (χ4n) is 4.60. The maximum Gasteiger partial charge on any atom is 0.341 e. The number of carbonyl (C=O) groups is 1. The molecule has 0 aliphatic carbocycles. The van der Waals surface area contributed by atoms with Crippen molar-refractivity contribution in [1.82, 2.24) is 4.98 Å². The smallest absolute Gasteiger partial charge is 0.341 e. The van der Waals surface area contributed by atoms with Crippen molar-refractivity contribution in [1.29, 1.82) is 0 Å². The highest BCUT2D eigenvalue weighted by molar-refractivity contribution is 6.90. The summed E-state index contributed by atoms with van der Waals surface area (Å²) >= 11 is 0. The Bertz CT molecular complexity index is 915. The van der Waals surface area contributed by atoms with Gasteiger partial charge in [-0.15, -0.1) is 5.54 Å². The largest absolute Gasteiger partial charge is 0.462 e. The van der Waals surface area contributed by atoms with Crippen molar-refractivity contribution in [3.63, 3.8) is 0 Å². The van der Waals surface area contributed by atoms with E-state index in [9.17, 15) is 4.79 Å². The molecule has 0 aliphatic heterocycles. The van der Waals surface area contributed by atoms with Crippen molar-refractivity contribution in [2.45, 2.75) is 72.0 Å². The number of hydrogen-bond acceptors (Lipinski definition) is 3. The Balaban J connectivity index is 2.75. The second-order valence-corrected chi connectivity index (χ2v) is 14.3. The summed E-state index contributed by atoms with van der Waals surface area (Å²) in [5.41, 5.74) is 9.02. The summed E-state index contributed by atoms with van der Waals surface area (Å²) in [6.07, 6.45) is 0. The Labute approximate surface area is 183 Å². The Morgan fingerprint density at radius 3 is 2.10 bits per heavy atom. The van der Waals surface area contributed by atoms with Crippen molar-refractivity contribution in [3.05, 3.63) is 53.2 Å². The van der Waals surface area contributed by atoms with E-state index in [0.717, 1.165) is 16.8 Å². The number of rotatable bonds is 6. The number of aromatic nitrogens is 1. The minimum atomic E-state index is -1.93. The Hall–Kier alpha value is -2.38. The normalized spacial score (nSPS) is 11.6. The molecule has 3 nitrogen and oxygen atoms in total. The standard InChI is InChI=1S/C26H35NO2Si/c1-9-29-26(28)25-21(8)27-24(22-13-11-10-12-14-22)17-23(25)15-16-30(18(2)3,19(4)5)20(6)7/h10-14,17-20H,9H2,1-8H3.